The lowest BCUT2D eigenvalue weighted by Gasteiger charge is -2.28. The van der Waals surface area contributed by atoms with Crippen molar-refractivity contribution in [3.63, 3.8) is 0 Å². The molecule has 92 valence electrons. The van der Waals surface area contributed by atoms with E-state index in [0.29, 0.717) is 6.54 Å². The monoisotopic (exact) mass is 259 g/mol. The molecule has 2 unspecified atom stereocenters. The summed E-state index contributed by atoms with van der Waals surface area (Å²) in [7, 11) is 0. The first-order valence-electron chi connectivity index (χ1n) is 5.10. The Morgan fingerprint density at radius 1 is 1.59 bits per heavy atom. The average molecular weight is 260 g/mol. The molecule has 2 atom stereocenters. The van der Waals surface area contributed by atoms with Crippen LogP contribution in [-0.4, -0.2) is 30.3 Å². The molecule has 2 N–H and O–H groups in total. The summed E-state index contributed by atoms with van der Waals surface area (Å²) >= 11 is 5.67. The van der Waals surface area contributed by atoms with E-state index in [1.807, 2.05) is 0 Å². The van der Waals surface area contributed by atoms with E-state index in [2.05, 4.69) is 5.32 Å². The molecule has 0 radical (unpaired) electrons. The minimum Gasteiger partial charge on any atom is -0.480 e. The van der Waals surface area contributed by atoms with E-state index in [4.69, 9.17) is 21.4 Å². The molecule has 1 heterocycles. The van der Waals surface area contributed by atoms with Crippen molar-refractivity contribution in [3.8, 4) is 0 Å². The van der Waals surface area contributed by atoms with E-state index >= 15 is 0 Å². The molecule has 0 aliphatic carbocycles. The number of halogens is 2. The fourth-order valence-corrected chi connectivity index (χ4v) is 1.85. The highest BCUT2D eigenvalue weighted by atomic mass is 35.5. The zero-order valence-electron chi connectivity index (χ0n) is 8.82. The van der Waals surface area contributed by atoms with Gasteiger partial charge in [0.05, 0.1) is 17.7 Å². The second-order valence-electron chi connectivity index (χ2n) is 3.79. The molecule has 0 spiro atoms. The molecule has 1 aromatic rings. The normalized spacial score (nSPS) is 24.6. The van der Waals surface area contributed by atoms with Gasteiger partial charge in [0.15, 0.2) is 0 Å². The van der Waals surface area contributed by atoms with Gasteiger partial charge in [-0.3, -0.25) is 10.1 Å². The molecule has 1 aromatic carbocycles. The highest BCUT2D eigenvalue weighted by molar-refractivity contribution is 6.30. The van der Waals surface area contributed by atoms with E-state index in [-0.39, 0.29) is 17.7 Å². The maximum absolute atomic E-state index is 13.0. The summed E-state index contributed by atoms with van der Waals surface area (Å²) in [5.41, 5.74) is 0.729. The third kappa shape index (κ3) is 2.74. The number of hydrogen-bond acceptors (Lipinski definition) is 3. The van der Waals surface area contributed by atoms with Gasteiger partial charge >= 0.3 is 5.97 Å². The van der Waals surface area contributed by atoms with E-state index in [1.165, 1.54) is 12.1 Å². The number of aliphatic carboxylic acids is 1. The Labute approximate surface area is 102 Å². The number of hydrogen-bond donors (Lipinski definition) is 2. The van der Waals surface area contributed by atoms with Crippen LogP contribution in [0.25, 0.3) is 0 Å². The lowest BCUT2D eigenvalue weighted by molar-refractivity contribution is -0.144. The van der Waals surface area contributed by atoms with Crippen molar-refractivity contribution in [2.24, 2.45) is 0 Å². The van der Waals surface area contributed by atoms with Crippen molar-refractivity contribution in [3.05, 3.63) is 34.6 Å². The molecule has 1 fully saturated rings. The van der Waals surface area contributed by atoms with Gasteiger partial charge in [0.2, 0.25) is 0 Å². The summed E-state index contributed by atoms with van der Waals surface area (Å²) < 4.78 is 18.4. The fourth-order valence-electron chi connectivity index (χ4n) is 1.66. The first-order chi connectivity index (χ1) is 8.08. The molecule has 1 aliphatic heterocycles. The van der Waals surface area contributed by atoms with E-state index in [1.54, 1.807) is 6.07 Å². The van der Waals surface area contributed by atoms with Crippen molar-refractivity contribution >= 4 is 17.6 Å². The van der Waals surface area contributed by atoms with Crippen LogP contribution in [0, 0.1) is 5.82 Å². The topological polar surface area (TPSA) is 58.6 Å². The van der Waals surface area contributed by atoms with Gasteiger partial charge in [-0.05, 0) is 17.7 Å². The van der Waals surface area contributed by atoms with Crippen LogP contribution in [0.2, 0.25) is 5.02 Å². The van der Waals surface area contributed by atoms with E-state index in [0.717, 1.165) is 5.56 Å². The Bertz CT molecular complexity index is 433. The Morgan fingerprint density at radius 2 is 2.35 bits per heavy atom. The third-order valence-electron chi connectivity index (χ3n) is 2.63. The molecule has 0 saturated carbocycles. The van der Waals surface area contributed by atoms with Gasteiger partial charge in [-0.2, -0.15) is 0 Å². The molecular formula is C11H11ClFNO3. The van der Waals surface area contributed by atoms with Crippen LogP contribution < -0.4 is 5.32 Å². The first-order valence-corrected chi connectivity index (χ1v) is 5.48. The summed E-state index contributed by atoms with van der Waals surface area (Å²) in [5.74, 6) is -1.43. The fraction of sp³-hybridized carbons (Fsp3) is 0.364. The molecule has 4 nitrogen and oxygen atoms in total. The van der Waals surface area contributed by atoms with E-state index < -0.39 is 17.8 Å². The van der Waals surface area contributed by atoms with Crippen LogP contribution >= 0.6 is 11.6 Å². The van der Waals surface area contributed by atoms with Gasteiger partial charge in [0.25, 0.3) is 0 Å². The van der Waals surface area contributed by atoms with Crippen LogP contribution in [0.3, 0.4) is 0 Å². The number of carboxylic acid groups (broad SMARTS) is 1. The number of ether oxygens (including phenoxy) is 1. The molecule has 2 rings (SSSR count). The number of benzene rings is 1. The summed E-state index contributed by atoms with van der Waals surface area (Å²) in [6.45, 7) is 0.438. The lowest BCUT2D eigenvalue weighted by atomic mass is 10.1. The predicted octanol–water partition coefficient (Wildman–Crippen LogP) is 1.59. The van der Waals surface area contributed by atoms with Crippen LogP contribution in [0.15, 0.2) is 18.2 Å². The second kappa shape index (κ2) is 5.00. The molecule has 1 aliphatic rings. The quantitative estimate of drug-likeness (QED) is 0.847. The average Bonchev–Trinajstić information content (AvgIpc) is 2.33. The van der Waals surface area contributed by atoms with Gasteiger partial charge in [0.1, 0.15) is 11.9 Å². The summed E-state index contributed by atoms with van der Waals surface area (Å²) in [4.78, 5) is 10.7. The van der Waals surface area contributed by atoms with Gasteiger partial charge in [-0.15, -0.1) is 0 Å². The molecule has 0 aromatic heterocycles. The standard InChI is InChI=1S/C11H11ClFNO3/c12-7-3-6(1-2-8(7)13)10-4-14-9(5-17-10)11(15)16/h1-3,9-10,14H,4-5H2,(H,15,16). The van der Waals surface area contributed by atoms with Crippen molar-refractivity contribution in [1.82, 2.24) is 5.32 Å². The number of morpholine rings is 1. The summed E-state index contributed by atoms with van der Waals surface area (Å²) in [5, 5.41) is 11.6. The van der Waals surface area contributed by atoms with Crippen molar-refractivity contribution in [2.45, 2.75) is 12.1 Å². The highest BCUT2D eigenvalue weighted by Gasteiger charge is 2.26. The van der Waals surface area contributed by atoms with Crippen LogP contribution in [0.5, 0.6) is 0 Å². The molecule has 6 heteroatoms. The third-order valence-corrected chi connectivity index (χ3v) is 2.92. The number of rotatable bonds is 2. The van der Waals surface area contributed by atoms with Crippen LogP contribution in [0.1, 0.15) is 11.7 Å². The Hall–Kier alpha value is -1.17. The largest absolute Gasteiger partial charge is 0.480 e. The second-order valence-corrected chi connectivity index (χ2v) is 4.20. The minimum atomic E-state index is -0.944. The minimum absolute atomic E-state index is 0.0338. The molecule has 0 amide bonds. The van der Waals surface area contributed by atoms with Gasteiger partial charge in [-0.1, -0.05) is 17.7 Å². The lowest BCUT2D eigenvalue weighted by Crippen LogP contribution is -2.47. The van der Waals surface area contributed by atoms with Crippen molar-refractivity contribution in [2.75, 3.05) is 13.2 Å². The first kappa shape index (κ1) is 12.3. The predicted molar refractivity (Wildman–Crippen MR) is 59.5 cm³/mol. The van der Waals surface area contributed by atoms with Crippen molar-refractivity contribution < 1.29 is 19.0 Å². The van der Waals surface area contributed by atoms with Crippen LogP contribution in [0.4, 0.5) is 4.39 Å². The molecule has 17 heavy (non-hydrogen) atoms. The maximum Gasteiger partial charge on any atom is 0.323 e. The molecule has 0 bridgehead atoms. The summed E-state index contributed by atoms with van der Waals surface area (Å²) in [6.07, 6.45) is -0.302. The zero-order valence-corrected chi connectivity index (χ0v) is 9.58. The highest BCUT2D eigenvalue weighted by Crippen LogP contribution is 2.24. The smallest absolute Gasteiger partial charge is 0.323 e. The SMILES string of the molecule is O=C(O)C1COC(c2ccc(F)c(Cl)c2)CN1. The Balaban J connectivity index is 2.05. The van der Waals surface area contributed by atoms with Gasteiger partial charge < -0.3 is 9.84 Å². The number of carbonyl (C=O) groups is 1. The van der Waals surface area contributed by atoms with Crippen LogP contribution in [-0.2, 0) is 9.53 Å². The number of carboxylic acids is 1. The molecular weight excluding hydrogens is 249 g/mol. The van der Waals surface area contributed by atoms with Gasteiger partial charge in [-0.25, -0.2) is 4.39 Å². The van der Waals surface area contributed by atoms with Crippen molar-refractivity contribution in [1.29, 1.82) is 0 Å². The number of nitrogens with one attached hydrogen (secondary N) is 1. The maximum atomic E-state index is 13.0. The summed E-state index contributed by atoms with van der Waals surface area (Å²) in [6, 6.07) is 3.64. The Kier molecular flexibility index (Phi) is 3.61. The Morgan fingerprint density at radius 3 is 2.88 bits per heavy atom. The van der Waals surface area contributed by atoms with E-state index in [9.17, 15) is 9.18 Å². The molecule has 1 saturated heterocycles. The van der Waals surface area contributed by atoms with Gasteiger partial charge in [0, 0.05) is 6.54 Å². The zero-order chi connectivity index (χ0) is 12.4.